The average molecular weight is 217 g/mol. The summed E-state index contributed by atoms with van der Waals surface area (Å²) in [6.45, 7) is 2.91. The van der Waals surface area contributed by atoms with Crippen molar-refractivity contribution < 1.29 is 4.74 Å². The quantitative estimate of drug-likeness (QED) is 0.725. The number of aryl methyl sites for hydroxylation is 1. The lowest BCUT2D eigenvalue weighted by Crippen LogP contribution is -1.95. The number of anilines is 1. The molecule has 0 unspecified atom stereocenters. The molecule has 1 aliphatic heterocycles. The zero-order valence-corrected chi connectivity index (χ0v) is 9.23. The highest BCUT2D eigenvalue weighted by Gasteiger charge is 2.14. The molecule has 1 aromatic carbocycles. The Kier molecular flexibility index (Phi) is 1.92. The van der Waals surface area contributed by atoms with Crippen molar-refractivity contribution in [2.45, 2.75) is 13.5 Å². The van der Waals surface area contributed by atoms with Gasteiger partial charge in [-0.2, -0.15) is 0 Å². The highest BCUT2D eigenvalue weighted by molar-refractivity contribution is 7.08. The Morgan fingerprint density at radius 3 is 3.13 bits per heavy atom. The lowest BCUT2D eigenvalue weighted by atomic mass is 10.2. The van der Waals surface area contributed by atoms with Gasteiger partial charge in [0.25, 0.3) is 0 Å². The van der Waals surface area contributed by atoms with Crippen LogP contribution >= 0.6 is 11.3 Å². The summed E-state index contributed by atoms with van der Waals surface area (Å²) in [6.07, 6.45) is 0. The fourth-order valence-corrected chi connectivity index (χ4v) is 2.45. The van der Waals surface area contributed by atoms with Gasteiger partial charge in [-0.1, -0.05) is 6.07 Å². The van der Waals surface area contributed by atoms with Gasteiger partial charge >= 0.3 is 0 Å². The molecule has 0 radical (unpaired) electrons. The van der Waals surface area contributed by atoms with Gasteiger partial charge in [0, 0.05) is 17.5 Å². The van der Waals surface area contributed by atoms with Gasteiger partial charge in [-0.05, 0) is 30.0 Å². The predicted molar refractivity (Wildman–Crippen MR) is 62.9 cm³/mol. The highest BCUT2D eigenvalue weighted by Crippen LogP contribution is 2.37. The molecule has 0 bridgehead atoms. The Morgan fingerprint density at radius 2 is 2.20 bits per heavy atom. The summed E-state index contributed by atoms with van der Waals surface area (Å²) in [5.41, 5.74) is 3.52. The number of benzene rings is 1. The number of rotatable bonds is 0. The number of fused-ring (bicyclic) bond motifs is 2. The van der Waals surface area contributed by atoms with Crippen LogP contribution in [0.15, 0.2) is 29.0 Å². The van der Waals surface area contributed by atoms with Gasteiger partial charge in [0.15, 0.2) is 5.75 Å². The van der Waals surface area contributed by atoms with E-state index in [4.69, 9.17) is 4.74 Å². The third-order valence-corrected chi connectivity index (χ3v) is 3.30. The lowest BCUT2D eigenvalue weighted by Gasteiger charge is -2.07. The first kappa shape index (κ1) is 8.80. The second-order valence-electron chi connectivity index (χ2n) is 3.72. The molecule has 2 nitrogen and oxygen atoms in total. The Bertz CT molecular complexity index is 504. The van der Waals surface area contributed by atoms with Crippen LogP contribution < -0.4 is 10.1 Å². The van der Waals surface area contributed by atoms with E-state index in [1.54, 1.807) is 11.3 Å². The van der Waals surface area contributed by atoms with Gasteiger partial charge in [0.2, 0.25) is 0 Å². The molecule has 0 aliphatic carbocycles. The van der Waals surface area contributed by atoms with E-state index in [0.717, 1.165) is 23.7 Å². The molecule has 2 heterocycles. The van der Waals surface area contributed by atoms with Crippen LogP contribution in [0.25, 0.3) is 0 Å². The van der Waals surface area contributed by atoms with Gasteiger partial charge in [0.05, 0.1) is 5.69 Å². The molecule has 0 saturated carbocycles. The first-order valence-electron chi connectivity index (χ1n) is 4.90. The van der Waals surface area contributed by atoms with Crippen molar-refractivity contribution in [1.29, 1.82) is 0 Å². The maximum Gasteiger partial charge on any atom is 0.150 e. The Balaban J connectivity index is 2.10. The van der Waals surface area contributed by atoms with E-state index < -0.39 is 0 Å². The molecule has 0 fully saturated rings. The largest absolute Gasteiger partial charge is 0.454 e. The Labute approximate surface area is 92.5 Å². The topological polar surface area (TPSA) is 21.3 Å². The van der Waals surface area contributed by atoms with E-state index in [9.17, 15) is 0 Å². The summed E-state index contributed by atoms with van der Waals surface area (Å²) in [7, 11) is 0. The number of ether oxygens (including phenoxy) is 1. The van der Waals surface area contributed by atoms with Crippen LogP contribution in [0, 0.1) is 6.92 Å². The predicted octanol–water partition coefficient (Wildman–Crippen LogP) is 3.77. The minimum atomic E-state index is 0.842. The van der Waals surface area contributed by atoms with Crippen molar-refractivity contribution in [3.63, 3.8) is 0 Å². The molecule has 0 amide bonds. The van der Waals surface area contributed by atoms with Crippen LogP contribution in [0.4, 0.5) is 5.69 Å². The van der Waals surface area contributed by atoms with Crippen LogP contribution in [0.1, 0.15) is 11.1 Å². The zero-order chi connectivity index (χ0) is 10.3. The third-order valence-electron chi connectivity index (χ3n) is 2.53. The van der Waals surface area contributed by atoms with Crippen molar-refractivity contribution >= 4 is 17.0 Å². The van der Waals surface area contributed by atoms with E-state index in [1.807, 2.05) is 0 Å². The van der Waals surface area contributed by atoms with Crippen molar-refractivity contribution in [2.24, 2.45) is 0 Å². The molecule has 0 atom stereocenters. The molecule has 3 heteroatoms. The fraction of sp³-hybridized carbons (Fsp3) is 0.167. The van der Waals surface area contributed by atoms with E-state index in [0.29, 0.717) is 0 Å². The molecule has 15 heavy (non-hydrogen) atoms. The molecule has 1 aromatic heterocycles. The molecule has 1 N–H and O–H groups in total. The smallest absolute Gasteiger partial charge is 0.150 e. The van der Waals surface area contributed by atoms with Gasteiger partial charge in [-0.3, -0.25) is 0 Å². The average Bonchev–Trinajstić information content (AvgIpc) is 2.58. The summed E-state index contributed by atoms with van der Waals surface area (Å²) in [5, 5.41) is 7.55. The summed E-state index contributed by atoms with van der Waals surface area (Å²) in [5.74, 6) is 1.91. The van der Waals surface area contributed by atoms with Crippen LogP contribution in [0.2, 0.25) is 0 Å². The second kappa shape index (κ2) is 3.28. The van der Waals surface area contributed by atoms with Crippen molar-refractivity contribution in [3.05, 3.63) is 40.1 Å². The minimum Gasteiger partial charge on any atom is -0.454 e. The van der Waals surface area contributed by atoms with Crippen LogP contribution in [-0.2, 0) is 6.54 Å². The molecular formula is C12H11NOS. The van der Waals surface area contributed by atoms with E-state index >= 15 is 0 Å². The highest BCUT2D eigenvalue weighted by atomic mass is 32.1. The van der Waals surface area contributed by atoms with Crippen molar-refractivity contribution in [1.82, 2.24) is 0 Å². The molecule has 3 rings (SSSR count). The third kappa shape index (κ3) is 1.49. The summed E-state index contributed by atoms with van der Waals surface area (Å²) in [4.78, 5) is 0. The van der Waals surface area contributed by atoms with Crippen molar-refractivity contribution in [2.75, 3.05) is 5.32 Å². The minimum absolute atomic E-state index is 0.842. The van der Waals surface area contributed by atoms with Gasteiger partial charge in [-0.15, -0.1) is 11.3 Å². The van der Waals surface area contributed by atoms with Gasteiger partial charge in [-0.25, -0.2) is 0 Å². The summed E-state index contributed by atoms with van der Waals surface area (Å²) < 4.78 is 5.87. The second-order valence-corrected chi connectivity index (χ2v) is 4.46. The van der Waals surface area contributed by atoms with E-state index in [2.05, 4.69) is 41.2 Å². The SMILES string of the molecule is Cc1ccc2c(c1)Oc1cscc1CN2. The first-order valence-corrected chi connectivity index (χ1v) is 5.84. The lowest BCUT2D eigenvalue weighted by molar-refractivity contribution is 0.486. The fourth-order valence-electron chi connectivity index (χ4n) is 1.70. The molecular weight excluding hydrogens is 206 g/mol. The number of hydrogen-bond acceptors (Lipinski definition) is 3. The Hall–Kier alpha value is -1.48. The first-order chi connectivity index (χ1) is 7.33. The van der Waals surface area contributed by atoms with Crippen LogP contribution in [0.5, 0.6) is 11.5 Å². The van der Waals surface area contributed by atoms with Crippen LogP contribution in [-0.4, -0.2) is 0 Å². The Morgan fingerprint density at radius 1 is 1.27 bits per heavy atom. The van der Waals surface area contributed by atoms with Crippen LogP contribution in [0.3, 0.4) is 0 Å². The molecule has 76 valence electrons. The molecule has 0 spiro atoms. The number of hydrogen-bond donors (Lipinski definition) is 1. The number of thiophene rings is 1. The maximum atomic E-state index is 5.87. The van der Waals surface area contributed by atoms with Gasteiger partial charge in [0.1, 0.15) is 5.75 Å². The monoisotopic (exact) mass is 217 g/mol. The molecule has 0 saturated heterocycles. The summed E-state index contributed by atoms with van der Waals surface area (Å²) >= 11 is 1.68. The molecule has 1 aliphatic rings. The maximum absolute atomic E-state index is 5.87. The van der Waals surface area contributed by atoms with Gasteiger partial charge < -0.3 is 10.1 Å². The molecule has 2 aromatic rings. The standard InChI is InChI=1S/C12H11NOS/c1-8-2-3-10-11(4-8)14-12-7-15-6-9(12)5-13-10/h2-4,6-7,13H,5H2,1H3. The van der Waals surface area contributed by atoms with Crippen molar-refractivity contribution in [3.8, 4) is 11.5 Å². The van der Waals surface area contributed by atoms with E-state index in [1.165, 1.54) is 11.1 Å². The number of nitrogens with one attached hydrogen (secondary N) is 1. The van der Waals surface area contributed by atoms with E-state index in [-0.39, 0.29) is 0 Å². The summed E-state index contributed by atoms with van der Waals surface area (Å²) in [6, 6.07) is 6.23. The normalized spacial score (nSPS) is 13.1. The zero-order valence-electron chi connectivity index (χ0n) is 8.41.